The fraction of sp³-hybridized carbons (Fsp3) is 0.222. The number of hydrogen-bond donors (Lipinski definition) is 1. The van der Waals surface area contributed by atoms with Crippen LogP contribution < -0.4 is 5.32 Å². The first-order valence-electron chi connectivity index (χ1n) is 4.08. The lowest BCUT2D eigenvalue weighted by Crippen LogP contribution is -2.04. The minimum Gasteiger partial charge on any atom is -0.610 e. The van der Waals surface area contributed by atoms with Crippen LogP contribution in [0.4, 0.5) is 5.69 Å². The van der Waals surface area contributed by atoms with Gasteiger partial charge in [-0.2, -0.15) is 0 Å². The molecule has 2 rings (SSSR count). The molecule has 0 saturated heterocycles. The number of rotatable bonds is 2. The second-order valence-corrected chi connectivity index (χ2v) is 4.91. The molecular formula is C9H8BrNO2S. The van der Waals surface area contributed by atoms with Crippen molar-refractivity contribution in [2.45, 2.75) is 4.90 Å². The minimum atomic E-state index is -1.01. The van der Waals surface area contributed by atoms with Crippen LogP contribution in [0.3, 0.4) is 0 Å². The number of ketones is 1. The van der Waals surface area contributed by atoms with E-state index < -0.39 is 11.2 Å². The number of carbonyl (C=O) groups is 1. The number of fused-ring (bicyclic) bond motifs is 1. The van der Waals surface area contributed by atoms with Gasteiger partial charge in [-0.15, -0.1) is 0 Å². The van der Waals surface area contributed by atoms with E-state index in [2.05, 4.69) is 21.2 Å². The molecule has 0 fully saturated rings. The summed E-state index contributed by atoms with van der Waals surface area (Å²) in [4.78, 5) is 12.1. The highest BCUT2D eigenvalue weighted by Crippen LogP contribution is 2.29. The van der Waals surface area contributed by atoms with Crippen LogP contribution in [-0.2, 0) is 11.2 Å². The fourth-order valence-electron chi connectivity index (χ4n) is 1.33. The molecule has 5 heteroatoms. The Balaban J connectivity index is 2.39. The number of anilines is 1. The molecule has 0 radical (unpaired) electrons. The van der Waals surface area contributed by atoms with Gasteiger partial charge in [0.1, 0.15) is 0 Å². The van der Waals surface area contributed by atoms with Crippen molar-refractivity contribution >= 4 is 38.6 Å². The van der Waals surface area contributed by atoms with E-state index in [9.17, 15) is 9.35 Å². The third kappa shape index (κ3) is 1.67. The molecule has 1 aromatic carbocycles. The summed E-state index contributed by atoms with van der Waals surface area (Å²) in [5.74, 6) is 0.457. The van der Waals surface area contributed by atoms with Crippen molar-refractivity contribution in [1.29, 1.82) is 0 Å². The lowest BCUT2D eigenvalue weighted by Gasteiger charge is -2.02. The Morgan fingerprint density at radius 1 is 1.64 bits per heavy atom. The van der Waals surface area contributed by atoms with E-state index in [0.29, 0.717) is 16.8 Å². The molecule has 0 bridgehead atoms. The summed E-state index contributed by atoms with van der Waals surface area (Å²) in [7, 11) is 0. The Hall–Kier alpha value is -0.520. The Morgan fingerprint density at radius 3 is 3.14 bits per heavy atom. The van der Waals surface area contributed by atoms with E-state index in [-0.39, 0.29) is 5.78 Å². The molecule has 0 saturated carbocycles. The monoisotopic (exact) mass is 273 g/mol. The summed E-state index contributed by atoms with van der Waals surface area (Å²) in [6.45, 7) is 0. The van der Waals surface area contributed by atoms with Gasteiger partial charge in [0.05, 0.1) is 11.0 Å². The molecule has 1 aliphatic rings. The largest absolute Gasteiger partial charge is 0.610 e. The van der Waals surface area contributed by atoms with Crippen LogP contribution in [0.5, 0.6) is 0 Å². The Bertz CT molecular complexity index is 383. The summed E-state index contributed by atoms with van der Waals surface area (Å²) < 4.78 is 11.5. The number of alkyl halides is 1. The molecule has 1 unspecified atom stereocenters. The Kier molecular flexibility index (Phi) is 2.80. The highest BCUT2D eigenvalue weighted by atomic mass is 79.9. The van der Waals surface area contributed by atoms with Crippen molar-refractivity contribution in [3.63, 3.8) is 0 Å². The Labute approximate surface area is 93.2 Å². The predicted molar refractivity (Wildman–Crippen MR) is 59.5 cm³/mol. The van der Waals surface area contributed by atoms with Gasteiger partial charge in [-0.3, -0.25) is 4.79 Å². The van der Waals surface area contributed by atoms with Crippen molar-refractivity contribution in [2.75, 3.05) is 16.5 Å². The normalized spacial score (nSPS) is 18.9. The summed E-state index contributed by atoms with van der Waals surface area (Å²) >= 11 is 2.10. The van der Waals surface area contributed by atoms with Crippen LogP contribution in [0.2, 0.25) is 0 Å². The highest BCUT2D eigenvalue weighted by molar-refractivity contribution is 9.09. The first-order chi connectivity index (χ1) is 6.72. The van der Waals surface area contributed by atoms with Gasteiger partial charge in [-0.1, -0.05) is 15.9 Å². The molecule has 1 aliphatic heterocycles. The SMILES string of the molecule is O=C(CBr)c1ccc2c(c1)[S+]([O-])CN2. The number of nitrogens with one attached hydrogen (secondary N) is 1. The van der Waals surface area contributed by atoms with Crippen LogP contribution in [0.1, 0.15) is 10.4 Å². The van der Waals surface area contributed by atoms with E-state index in [4.69, 9.17) is 0 Å². The first kappa shape index (κ1) is 10.0. The van der Waals surface area contributed by atoms with E-state index in [0.717, 1.165) is 10.6 Å². The molecule has 0 aromatic heterocycles. The van der Waals surface area contributed by atoms with Crippen LogP contribution in [-0.4, -0.2) is 21.5 Å². The van der Waals surface area contributed by atoms with E-state index in [1.54, 1.807) is 18.2 Å². The minimum absolute atomic E-state index is 0.0108. The van der Waals surface area contributed by atoms with Crippen molar-refractivity contribution in [3.05, 3.63) is 23.8 Å². The lowest BCUT2D eigenvalue weighted by atomic mass is 10.1. The van der Waals surface area contributed by atoms with Crippen molar-refractivity contribution < 1.29 is 9.35 Å². The molecule has 1 aromatic rings. The molecule has 1 heterocycles. The van der Waals surface area contributed by atoms with Gasteiger partial charge in [0.2, 0.25) is 0 Å². The Morgan fingerprint density at radius 2 is 2.43 bits per heavy atom. The van der Waals surface area contributed by atoms with Crippen LogP contribution >= 0.6 is 15.9 Å². The van der Waals surface area contributed by atoms with Gasteiger partial charge in [0.25, 0.3) is 0 Å². The maximum Gasteiger partial charge on any atom is 0.181 e. The van der Waals surface area contributed by atoms with Gasteiger partial charge in [-0.05, 0) is 12.1 Å². The summed E-state index contributed by atoms with van der Waals surface area (Å²) in [6.07, 6.45) is 0. The zero-order valence-corrected chi connectivity index (χ0v) is 9.65. The zero-order chi connectivity index (χ0) is 10.1. The topological polar surface area (TPSA) is 52.2 Å². The number of carbonyl (C=O) groups excluding carboxylic acids is 1. The number of halogens is 1. The van der Waals surface area contributed by atoms with Crippen LogP contribution in [0.15, 0.2) is 23.1 Å². The molecule has 0 spiro atoms. The molecule has 1 N–H and O–H groups in total. The lowest BCUT2D eigenvalue weighted by molar-refractivity contribution is 0.102. The molecule has 0 amide bonds. The third-order valence-corrected chi connectivity index (χ3v) is 3.81. The average Bonchev–Trinajstić information content (AvgIpc) is 2.59. The highest BCUT2D eigenvalue weighted by Gasteiger charge is 2.24. The molecule has 1 atom stereocenters. The smallest absolute Gasteiger partial charge is 0.181 e. The zero-order valence-electron chi connectivity index (χ0n) is 7.25. The second-order valence-electron chi connectivity index (χ2n) is 2.93. The van der Waals surface area contributed by atoms with Gasteiger partial charge < -0.3 is 9.87 Å². The number of benzene rings is 1. The van der Waals surface area contributed by atoms with Crippen molar-refractivity contribution in [3.8, 4) is 0 Å². The van der Waals surface area contributed by atoms with Crippen molar-refractivity contribution in [1.82, 2.24) is 0 Å². The fourth-order valence-corrected chi connectivity index (χ4v) is 2.74. The molecule has 0 aliphatic carbocycles. The molecule has 74 valence electrons. The maximum absolute atomic E-state index is 11.5. The predicted octanol–water partition coefficient (Wildman–Crippen LogP) is 1.75. The van der Waals surface area contributed by atoms with Gasteiger partial charge in [0.15, 0.2) is 16.6 Å². The van der Waals surface area contributed by atoms with E-state index in [1.807, 2.05) is 0 Å². The van der Waals surface area contributed by atoms with Crippen LogP contribution in [0, 0.1) is 0 Å². The second kappa shape index (κ2) is 3.92. The average molecular weight is 274 g/mol. The maximum atomic E-state index is 11.5. The van der Waals surface area contributed by atoms with Gasteiger partial charge >= 0.3 is 0 Å². The summed E-state index contributed by atoms with van der Waals surface area (Å²) in [5, 5.41) is 3.31. The van der Waals surface area contributed by atoms with Gasteiger partial charge in [-0.25, -0.2) is 0 Å². The number of Topliss-reactive ketones (excluding diaryl/α,β-unsaturated/α-hetero) is 1. The summed E-state index contributed by atoms with van der Waals surface area (Å²) in [6, 6.07) is 5.25. The quantitative estimate of drug-likeness (QED) is 0.508. The first-order valence-corrected chi connectivity index (χ1v) is 6.52. The third-order valence-electron chi connectivity index (χ3n) is 2.06. The summed E-state index contributed by atoms with van der Waals surface area (Å²) in [5.41, 5.74) is 1.48. The molecular weight excluding hydrogens is 266 g/mol. The molecule has 14 heavy (non-hydrogen) atoms. The van der Waals surface area contributed by atoms with Crippen molar-refractivity contribution in [2.24, 2.45) is 0 Å². The molecule has 3 nitrogen and oxygen atoms in total. The van der Waals surface area contributed by atoms with E-state index in [1.165, 1.54) is 0 Å². The van der Waals surface area contributed by atoms with Gasteiger partial charge in [0, 0.05) is 22.8 Å². The standard InChI is InChI=1S/C9H8BrNO2S/c10-4-8(12)6-1-2-7-9(3-6)14(13)5-11-7/h1-3,11H,4-5H2. The van der Waals surface area contributed by atoms with E-state index >= 15 is 0 Å². The number of hydrogen-bond acceptors (Lipinski definition) is 3. The van der Waals surface area contributed by atoms with Crippen LogP contribution in [0.25, 0.3) is 0 Å².